The molecule has 0 aliphatic carbocycles. The summed E-state index contributed by atoms with van der Waals surface area (Å²) < 4.78 is 0. The van der Waals surface area contributed by atoms with E-state index in [1.807, 2.05) is 51.1 Å². The van der Waals surface area contributed by atoms with E-state index in [-0.39, 0.29) is 17.7 Å². The first-order valence-corrected chi connectivity index (χ1v) is 9.67. The summed E-state index contributed by atoms with van der Waals surface area (Å²) in [5, 5.41) is 6.60. The van der Waals surface area contributed by atoms with Gasteiger partial charge in [0.15, 0.2) is 0 Å². The van der Waals surface area contributed by atoms with Crippen molar-refractivity contribution in [3.63, 3.8) is 0 Å². The zero-order chi connectivity index (χ0) is 19.1. The second-order valence-electron chi connectivity index (χ2n) is 6.32. The van der Waals surface area contributed by atoms with Gasteiger partial charge in [0.25, 0.3) is 5.91 Å². The number of aryl methyl sites for hydroxylation is 1. The van der Waals surface area contributed by atoms with Crippen molar-refractivity contribution in [1.82, 2.24) is 10.3 Å². The maximum absolute atomic E-state index is 12.7. The Morgan fingerprint density at radius 1 is 1.15 bits per heavy atom. The molecule has 0 saturated heterocycles. The van der Waals surface area contributed by atoms with E-state index in [2.05, 4.69) is 22.5 Å². The summed E-state index contributed by atoms with van der Waals surface area (Å²) in [5.41, 5.74) is 2.07. The van der Waals surface area contributed by atoms with E-state index in [1.54, 1.807) is 24.0 Å². The molecule has 1 aromatic carbocycles. The maximum atomic E-state index is 12.7. The molecule has 0 radical (unpaired) electrons. The molecule has 138 valence electrons. The molecule has 2 rings (SSSR count). The van der Waals surface area contributed by atoms with Crippen molar-refractivity contribution in [2.75, 3.05) is 11.1 Å². The Morgan fingerprint density at radius 3 is 2.46 bits per heavy atom. The van der Waals surface area contributed by atoms with Gasteiger partial charge < -0.3 is 10.6 Å². The number of hydrogen-bond donors (Lipinski definition) is 2. The molecule has 0 fully saturated rings. The van der Waals surface area contributed by atoms with Crippen LogP contribution in [0.3, 0.4) is 0 Å². The smallest absolute Gasteiger partial charge is 0.252 e. The van der Waals surface area contributed by atoms with Gasteiger partial charge in [0.05, 0.1) is 16.9 Å². The van der Waals surface area contributed by atoms with Gasteiger partial charge in [0.2, 0.25) is 5.91 Å². The monoisotopic (exact) mass is 371 g/mol. The Morgan fingerprint density at radius 2 is 1.88 bits per heavy atom. The van der Waals surface area contributed by atoms with E-state index < -0.39 is 6.04 Å². The Balaban J connectivity index is 2.07. The fourth-order valence-electron chi connectivity index (χ4n) is 2.49. The van der Waals surface area contributed by atoms with Gasteiger partial charge in [-0.05, 0) is 42.4 Å². The topological polar surface area (TPSA) is 71.1 Å². The molecule has 1 unspecified atom stereocenters. The largest absolute Gasteiger partial charge is 0.340 e. The standard InChI is InChI=1S/C20H25N3O2S/c1-5-26-17-11-10-15(12-21-17)22-20(25)18(13(2)3)23-19(24)16-9-7-6-8-14(16)4/h6-13,18H,5H2,1-4H3,(H,22,25)(H,23,24). The second-order valence-corrected chi connectivity index (χ2v) is 7.60. The number of anilines is 1. The van der Waals surface area contributed by atoms with E-state index >= 15 is 0 Å². The zero-order valence-corrected chi connectivity index (χ0v) is 16.4. The van der Waals surface area contributed by atoms with Gasteiger partial charge in [-0.1, -0.05) is 39.0 Å². The van der Waals surface area contributed by atoms with E-state index in [0.717, 1.165) is 16.3 Å². The first kappa shape index (κ1) is 20.0. The number of hydrogen-bond acceptors (Lipinski definition) is 4. The number of carbonyl (C=O) groups excluding carboxylic acids is 2. The van der Waals surface area contributed by atoms with Crippen LogP contribution in [0.5, 0.6) is 0 Å². The molecule has 2 amide bonds. The molecule has 1 atom stereocenters. The molecule has 5 nitrogen and oxygen atoms in total. The SMILES string of the molecule is CCSc1ccc(NC(=O)C(NC(=O)c2ccccc2C)C(C)C)cn1. The molecule has 6 heteroatoms. The highest BCUT2D eigenvalue weighted by Crippen LogP contribution is 2.17. The van der Waals surface area contributed by atoms with Crippen molar-refractivity contribution in [2.45, 2.75) is 38.8 Å². The molecular formula is C20H25N3O2S. The van der Waals surface area contributed by atoms with Crippen LogP contribution in [-0.2, 0) is 4.79 Å². The van der Waals surface area contributed by atoms with Gasteiger partial charge >= 0.3 is 0 Å². The second kappa shape index (κ2) is 9.38. The average Bonchev–Trinajstić information content (AvgIpc) is 2.61. The van der Waals surface area contributed by atoms with E-state index in [0.29, 0.717) is 11.3 Å². The molecule has 2 aromatic rings. The molecule has 2 N–H and O–H groups in total. The fraction of sp³-hybridized carbons (Fsp3) is 0.350. The van der Waals surface area contributed by atoms with Crippen LogP contribution in [0.1, 0.15) is 36.7 Å². The molecule has 0 aliphatic heterocycles. The lowest BCUT2D eigenvalue weighted by molar-refractivity contribution is -0.118. The van der Waals surface area contributed by atoms with Crippen LogP contribution in [0.4, 0.5) is 5.69 Å². The van der Waals surface area contributed by atoms with Gasteiger partial charge in [0, 0.05) is 5.56 Å². The molecule has 1 heterocycles. The predicted octanol–water partition coefficient (Wildman–Crippen LogP) is 3.90. The third kappa shape index (κ3) is 5.33. The van der Waals surface area contributed by atoms with E-state index in [9.17, 15) is 9.59 Å². The summed E-state index contributed by atoms with van der Waals surface area (Å²) in [6.45, 7) is 7.75. The Kier molecular flexibility index (Phi) is 7.21. The summed E-state index contributed by atoms with van der Waals surface area (Å²) >= 11 is 1.64. The summed E-state index contributed by atoms with van der Waals surface area (Å²) in [7, 11) is 0. The molecule has 0 saturated carbocycles. The Hall–Kier alpha value is -2.34. The molecular weight excluding hydrogens is 346 g/mol. The van der Waals surface area contributed by atoms with Crippen LogP contribution < -0.4 is 10.6 Å². The fourth-order valence-corrected chi connectivity index (χ4v) is 3.08. The van der Waals surface area contributed by atoms with Crippen LogP contribution in [0.2, 0.25) is 0 Å². The lowest BCUT2D eigenvalue weighted by Crippen LogP contribution is -2.47. The first-order chi connectivity index (χ1) is 12.4. The van der Waals surface area contributed by atoms with Crippen molar-refractivity contribution >= 4 is 29.3 Å². The van der Waals surface area contributed by atoms with E-state index in [1.165, 1.54) is 0 Å². The van der Waals surface area contributed by atoms with Gasteiger partial charge in [-0.15, -0.1) is 11.8 Å². The zero-order valence-electron chi connectivity index (χ0n) is 15.6. The highest BCUT2D eigenvalue weighted by atomic mass is 32.2. The molecule has 0 bridgehead atoms. The number of rotatable bonds is 7. The van der Waals surface area contributed by atoms with E-state index in [4.69, 9.17) is 0 Å². The summed E-state index contributed by atoms with van der Waals surface area (Å²) in [6.07, 6.45) is 1.64. The Bertz CT molecular complexity index is 760. The summed E-state index contributed by atoms with van der Waals surface area (Å²) in [4.78, 5) is 29.5. The third-order valence-electron chi connectivity index (χ3n) is 3.92. The minimum atomic E-state index is -0.633. The van der Waals surface area contributed by atoms with Crippen molar-refractivity contribution in [2.24, 2.45) is 5.92 Å². The first-order valence-electron chi connectivity index (χ1n) is 8.68. The minimum absolute atomic E-state index is 0.0501. The lowest BCUT2D eigenvalue weighted by atomic mass is 10.0. The predicted molar refractivity (Wildman–Crippen MR) is 107 cm³/mol. The summed E-state index contributed by atoms with van der Waals surface area (Å²) in [5.74, 6) is 0.397. The molecule has 0 spiro atoms. The number of nitrogens with zero attached hydrogens (tertiary/aromatic N) is 1. The third-order valence-corrected chi connectivity index (χ3v) is 4.75. The average molecular weight is 372 g/mol. The number of carbonyl (C=O) groups is 2. The van der Waals surface area contributed by atoms with Crippen LogP contribution in [0.15, 0.2) is 47.6 Å². The molecule has 26 heavy (non-hydrogen) atoms. The van der Waals surface area contributed by atoms with Crippen molar-refractivity contribution in [1.29, 1.82) is 0 Å². The molecule has 0 aliphatic rings. The number of pyridine rings is 1. The van der Waals surface area contributed by atoms with Crippen LogP contribution >= 0.6 is 11.8 Å². The summed E-state index contributed by atoms with van der Waals surface area (Å²) in [6, 6.07) is 10.4. The number of nitrogens with one attached hydrogen (secondary N) is 2. The van der Waals surface area contributed by atoms with Gasteiger partial charge in [-0.3, -0.25) is 9.59 Å². The normalized spacial score (nSPS) is 11.9. The number of thioether (sulfide) groups is 1. The minimum Gasteiger partial charge on any atom is -0.340 e. The quantitative estimate of drug-likeness (QED) is 0.724. The highest BCUT2D eigenvalue weighted by molar-refractivity contribution is 7.99. The number of benzene rings is 1. The van der Waals surface area contributed by atoms with Crippen LogP contribution in [0, 0.1) is 12.8 Å². The maximum Gasteiger partial charge on any atom is 0.252 e. The van der Waals surface area contributed by atoms with Gasteiger partial charge in [0.1, 0.15) is 6.04 Å². The number of amides is 2. The lowest BCUT2D eigenvalue weighted by Gasteiger charge is -2.22. The molecule has 1 aromatic heterocycles. The van der Waals surface area contributed by atoms with Gasteiger partial charge in [-0.25, -0.2) is 4.98 Å². The van der Waals surface area contributed by atoms with Crippen LogP contribution in [-0.4, -0.2) is 28.6 Å². The van der Waals surface area contributed by atoms with Crippen molar-refractivity contribution < 1.29 is 9.59 Å². The van der Waals surface area contributed by atoms with Crippen molar-refractivity contribution in [3.05, 3.63) is 53.7 Å². The Labute approximate surface area is 159 Å². The van der Waals surface area contributed by atoms with Gasteiger partial charge in [-0.2, -0.15) is 0 Å². The van der Waals surface area contributed by atoms with Crippen molar-refractivity contribution in [3.8, 4) is 0 Å². The van der Waals surface area contributed by atoms with Crippen LogP contribution in [0.25, 0.3) is 0 Å². The number of aromatic nitrogens is 1. The highest BCUT2D eigenvalue weighted by Gasteiger charge is 2.25.